The number of aromatic nitrogens is 2. The normalized spacial score (nSPS) is 15.8. The van der Waals surface area contributed by atoms with Crippen LogP contribution in [0.5, 0.6) is 11.5 Å². The van der Waals surface area contributed by atoms with Gasteiger partial charge in [0.2, 0.25) is 12.7 Å². The maximum absolute atomic E-state index is 14.2. The smallest absolute Gasteiger partial charge is 0.332 e. The number of hydrogen-bond acceptors (Lipinski definition) is 8. The summed E-state index contributed by atoms with van der Waals surface area (Å²) in [5.41, 5.74) is 3.43. The molecule has 0 spiro atoms. The second-order valence-electron chi connectivity index (χ2n) is 12.0. The molecule has 6 rings (SSSR count). The summed E-state index contributed by atoms with van der Waals surface area (Å²) in [5.74, 6) is 0.618. The number of anilines is 1. The molecule has 0 radical (unpaired) electrons. The standard InChI is InChI=1S/C36H41N5O6/c1-4-45-33(42)23-30(27-10-15-31-32(22-27)47-24-46-31)37-35(43)34(26-8-6-5-7-9-26)39-18-16-38(17-19-39)28-11-13-29(14-12-28)41-21-20-40(25(2)3)36(41)44/h5-15,20-22,25,30,34H,4,16-19,23-24H2,1-3H3,(H,37,43). The number of nitrogens with one attached hydrogen (secondary N) is 1. The van der Waals surface area contributed by atoms with Gasteiger partial charge in [-0.1, -0.05) is 36.4 Å². The van der Waals surface area contributed by atoms with Gasteiger partial charge in [0.1, 0.15) is 6.04 Å². The number of nitrogens with zero attached hydrogens (tertiary/aromatic N) is 4. The van der Waals surface area contributed by atoms with E-state index in [1.54, 1.807) is 28.3 Å². The highest BCUT2D eigenvalue weighted by molar-refractivity contribution is 5.84. The average Bonchev–Trinajstić information content (AvgIpc) is 3.72. The fourth-order valence-corrected chi connectivity index (χ4v) is 6.22. The molecule has 11 nitrogen and oxygen atoms in total. The van der Waals surface area contributed by atoms with E-state index in [0.717, 1.165) is 22.5 Å². The van der Waals surface area contributed by atoms with Gasteiger partial charge in [-0.25, -0.2) is 4.79 Å². The maximum Gasteiger partial charge on any atom is 0.332 e. The molecule has 1 N–H and O–H groups in total. The minimum Gasteiger partial charge on any atom is -0.466 e. The topological polar surface area (TPSA) is 107 Å². The van der Waals surface area contributed by atoms with Crippen LogP contribution in [0, 0.1) is 0 Å². The molecular weight excluding hydrogens is 598 g/mol. The number of benzene rings is 3. The van der Waals surface area contributed by atoms with Gasteiger partial charge in [0.05, 0.1) is 24.8 Å². The Morgan fingerprint density at radius 3 is 2.23 bits per heavy atom. The number of rotatable bonds is 11. The molecule has 2 atom stereocenters. The molecule has 246 valence electrons. The molecule has 47 heavy (non-hydrogen) atoms. The van der Waals surface area contributed by atoms with E-state index in [0.29, 0.717) is 37.7 Å². The molecule has 2 aliphatic heterocycles. The molecule has 4 aromatic rings. The summed E-state index contributed by atoms with van der Waals surface area (Å²) in [5, 5.41) is 3.17. The third-order valence-electron chi connectivity index (χ3n) is 8.69. The highest BCUT2D eigenvalue weighted by Gasteiger charge is 2.33. The van der Waals surface area contributed by atoms with Crippen molar-refractivity contribution in [1.82, 2.24) is 19.4 Å². The van der Waals surface area contributed by atoms with Crippen molar-refractivity contribution in [2.45, 2.75) is 45.3 Å². The molecule has 3 aromatic carbocycles. The number of carbonyl (C=O) groups excluding carboxylic acids is 2. The van der Waals surface area contributed by atoms with Gasteiger partial charge < -0.3 is 24.4 Å². The zero-order valence-corrected chi connectivity index (χ0v) is 27.0. The number of imidazole rings is 1. The van der Waals surface area contributed by atoms with E-state index in [4.69, 9.17) is 14.2 Å². The Morgan fingerprint density at radius 2 is 1.55 bits per heavy atom. The van der Waals surface area contributed by atoms with Crippen LogP contribution in [0.1, 0.15) is 56.4 Å². The molecule has 11 heteroatoms. The van der Waals surface area contributed by atoms with Gasteiger partial charge in [-0.2, -0.15) is 0 Å². The Hall–Kier alpha value is -5.03. The van der Waals surface area contributed by atoms with Crippen LogP contribution < -0.4 is 25.4 Å². The van der Waals surface area contributed by atoms with E-state index < -0.39 is 18.1 Å². The second kappa shape index (κ2) is 14.2. The average molecular weight is 640 g/mol. The predicted octanol–water partition coefficient (Wildman–Crippen LogP) is 4.62. The Balaban J connectivity index is 1.18. The van der Waals surface area contributed by atoms with E-state index in [2.05, 4.69) is 15.1 Å². The second-order valence-corrected chi connectivity index (χ2v) is 12.0. The highest BCUT2D eigenvalue weighted by atomic mass is 16.7. The summed E-state index contributed by atoms with van der Waals surface area (Å²) in [6.45, 7) is 8.86. The van der Waals surface area contributed by atoms with Crippen LogP contribution in [0.25, 0.3) is 5.69 Å². The van der Waals surface area contributed by atoms with Gasteiger partial charge in [0.15, 0.2) is 11.5 Å². The van der Waals surface area contributed by atoms with Gasteiger partial charge in [-0.15, -0.1) is 0 Å². The molecular formula is C36H41N5O6. The molecule has 2 unspecified atom stereocenters. The van der Waals surface area contributed by atoms with Crippen LogP contribution in [-0.2, 0) is 14.3 Å². The minimum absolute atomic E-state index is 0.0151. The quantitative estimate of drug-likeness (QED) is 0.237. The van der Waals surface area contributed by atoms with Crippen molar-refractivity contribution in [1.29, 1.82) is 0 Å². The molecule has 0 aliphatic carbocycles. The van der Waals surface area contributed by atoms with E-state index in [1.165, 1.54) is 0 Å². The lowest BCUT2D eigenvalue weighted by Crippen LogP contribution is -2.51. The largest absolute Gasteiger partial charge is 0.466 e. The summed E-state index contributed by atoms with van der Waals surface area (Å²) >= 11 is 0. The van der Waals surface area contributed by atoms with Crippen LogP contribution in [-0.4, -0.2) is 65.5 Å². The van der Waals surface area contributed by atoms with Gasteiger partial charge in [-0.05, 0) is 68.3 Å². The van der Waals surface area contributed by atoms with Crippen molar-refractivity contribution >= 4 is 17.6 Å². The van der Waals surface area contributed by atoms with Crippen LogP contribution >= 0.6 is 0 Å². The van der Waals surface area contributed by atoms with Gasteiger partial charge in [0, 0.05) is 50.3 Å². The summed E-state index contributed by atoms with van der Waals surface area (Å²) < 4.78 is 19.6. The SMILES string of the molecule is CCOC(=O)CC(NC(=O)C(c1ccccc1)N1CCN(c2ccc(-n3ccn(C(C)C)c3=O)cc2)CC1)c1ccc2c(c1)OCO2. The van der Waals surface area contributed by atoms with Gasteiger partial charge >= 0.3 is 11.7 Å². The third-order valence-corrected chi connectivity index (χ3v) is 8.69. The van der Waals surface area contributed by atoms with Crippen LogP contribution in [0.4, 0.5) is 5.69 Å². The number of carbonyl (C=O) groups is 2. The zero-order chi connectivity index (χ0) is 32.9. The zero-order valence-electron chi connectivity index (χ0n) is 27.0. The number of esters is 1. The first kappa shape index (κ1) is 31.9. The van der Waals surface area contributed by atoms with Crippen molar-refractivity contribution in [2.24, 2.45) is 0 Å². The lowest BCUT2D eigenvalue weighted by Gasteiger charge is -2.40. The molecule has 1 fully saturated rings. The number of amides is 1. The molecule has 2 aliphatic rings. The number of piperazine rings is 1. The highest BCUT2D eigenvalue weighted by Crippen LogP contribution is 2.35. The van der Waals surface area contributed by atoms with Crippen molar-refractivity contribution < 1.29 is 23.8 Å². The molecule has 1 aromatic heterocycles. The molecule has 3 heterocycles. The Kier molecular flexibility index (Phi) is 9.63. The number of ether oxygens (including phenoxy) is 3. The van der Waals surface area contributed by atoms with E-state index in [1.807, 2.05) is 86.8 Å². The van der Waals surface area contributed by atoms with Crippen molar-refractivity contribution in [2.75, 3.05) is 44.5 Å². The monoisotopic (exact) mass is 639 g/mol. The Labute approximate surface area is 274 Å². The first-order valence-corrected chi connectivity index (χ1v) is 16.1. The lowest BCUT2D eigenvalue weighted by molar-refractivity contribution is -0.144. The van der Waals surface area contributed by atoms with Crippen molar-refractivity contribution in [3.05, 3.63) is 107 Å². The van der Waals surface area contributed by atoms with Gasteiger partial charge in [-0.3, -0.25) is 23.6 Å². The molecule has 0 bridgehead atoms. The fraction of sp³-hybridized carbons (Fsp3) is 0.361. The summed E-state index contributed by atoms with van der Waals surface area (Å²) in [6, 6.07) is 22.1. The molecule has 0 saturated carbocycles. The van der Waals surface area contributed by atoms with Crippen LogP contribution in [0.3, 0.4) is 0 Å². The van der Waals surface area contributed by atoms with E-state index in [9.17, 15) is 14.4 Å². The summed E-state index contributed by atoms with van der Waals surface area (Å²) in [6.07, 6.45) is 3.60. The Morgan fingerprint density at radius 1 is 0.851 bits per heavy atom. The summed E-state index contributed by atoms with van der Waals surface area (Å²) in [4.78, 5) is 44.1. The third kappa shape index (κ3) is 7.05. The molecule has 1 amide bonds. The minimum atomic E-state index is -0.619. The number of fused-ring (bicyclic) bond motifs is 1. The fourth-order valence-electron chi connectivity index (χ4n) is 6.22. The van der Waals surface area contributed by atoms with Crippen molar-refractivity contribution in [3.8, 4) is 17.2 Å². The van der Waals surface area contributed by atoms with Crippen LogP contribution in [0.2, 0.25) is 0 Å². The first-order valence-electron chi connectivity index (χ1n) is 16.1. The predicted molar refractivity (Wildman–Crippen MR) is 178 cm³/mol. The van der Waals surface area contributed by atoms with Gasteiger partial charge in [0.25, 0.3) is 0 Å². The first-order chi connectivity index (χ1) is 22.8. The summed E-state index contributed by atoms with van der Waals surface area (Å²) in [7, 11) is 0. The number of hydrogen-bond donors (Lipinski definition) is 1. The lowest BCUT2D eigenvalue weighted by atomic mass is 9.99. The Bertz CT molecular complexity index is 1740. The van der Waals surface area contributed by atoms with E-state index >= 15 is 0 Å². The van der Waals surface area contributed by atoms with Crippen molar-refractivity contribution in [3.63, 3.8) is 0 Å². The maximum atomic E-state index is 14.2. The molecule has 1 saturated heterocycles. The van der Waals surface area contributed by atoms with E-state index in [-0.39, 0.29) is 37.5 Å². The van der Waals surface area contributed by atoms with Crippen LogP contribution in [0.15, 0.2) is 90.0 Å².